The van der Waals surface area contributed by atoms with E-state index in [0.717, 1.165) is 10.5 Å². The van der Waals surface area contributed by atoms with Gasteiger partial charge in [0, 0.05) is 24.2 Å². The molecular weight excluding hydrogens is 406 g/mol. The number of nitrogens with one attached hydrogen (secondary N) is 2. The number of hydrogen-bond donors (Lipinski definition) is 2. The molecule has 0 radical (unpaired) electrons. The van der Waals surface area contributed by atoms with E-state index in [9.17, 15) is 19.2 Å². The molecule has 4 amide bonds. The topological polar surface area (TPSA) is 95.6 Å². The van der Waals surface area contributed by atoms with E-state index in [4.69, 9.17) is 0 Å². The number of carbonyl (C=O) groups is 4. The fourth-order valence-corrected chi connectivity index (χ4v) is 3.58. The summed E-state index contributed by atoms with van der Waals surface area (Å²) in [7, 11) is 0. The first-order valence-electron chi connectivity index (χ1n) is 10.2. The molecule has 0 aliphatic carbocycles. The van der Waals surface area contributed by atoms with E-state index in [1.807, 2.05) is 19.1 Å². The second-order valence-corrected chi connectivity index (χ2v) is 7.41. The Hall–Kier alpha value is -4.26. The van der Waals surface area contributed by atoms with Crippen LogP contribution >= 0.6 is 0 Å². The average molecular weight is 427 g/mol. The first kappa shape index (κ1) is 21.0. The van der Waals surface area contributed by atoms with Gasteiger partial charge in [0.25, 0.3) is 17.7 Å². The van der Waals surface area contributed by atoms with Crippen LogP contribution in [0.4, 0.5) is 11.4 Å². The second-order valence-electron chi connectivity index (χ2n) is 7.41. The fourth-order valence-electron chi connectivity index (χ4n) is 3.58. The summed E-state index contributed by atoms with van der Waals surface area (Å²) in [5.41, 5.74) is 2.98. The van der Waals surface area contributed by atoms with Gasteiger partial charge in [0.2, 0.25) is 5.91 Å². The summed E-state index contributed by atoms with van der Waals surface area (Å²) >= 11 is 0. The van der Waals surface area contributed by atoms with Gasteiger partial charge in [-0.2, -0.15) is 0 Å². The molecule has 3 aromatic carbocycles. The van der Waals surface area contributed by atoms with Crippen LogP contribution in [0.2, 0.25) is 0 Å². The fraction of sp³-hybridized carbons (Fsp3) is 0.120. The van der Waals surface area contributed by atoms with Crippen molar-refractivity contribution in [3.05, 3.63) is 95.1 Å². The van der Waals surface area contributed by atoms with Crippen molar-refractivity contribution in [1.29, 1.82) is 0 Å². The van der Waals surface area contributed by atoms with Crippen molar-refractivity contribution < 1.29 is 19.2 Å². The Bertz CT molecular complexity index is 1200. The van der Waals surface area contributed by atoms with Crippen LogP contribution in [-0.4, -0.2) is 30.2 Å². The van der Waals surface area contributed by atoms with E-state index in [1.54, 1.807) is 60.7 Å². The summed E-state index contributed by atoms with van der Waals surface area (Å²) in [5.74, 6) is -1.32. The van der Waals surface area contributed by atoms with Gasteiger partial charge in [-0.3, -0.25) is 19.2 Å². The van der Waals surface area contributed by atoms with Crippen LogP contribution in [0.5, 0.6) is 0 Å². The second kappa shape index (κ2) is 8.85. The van der Waals surface area contributed by atoms with Crippen molar-refractivity contribution in [3.63, 3.8) is 0 Å². The molecule has 0 atom stereocenters. The Morgan fingerprint density at radius 3 is 2.19 bits per heavy atom. The molecule has 0 fully saturated rings. The van der Waals surface area contributed by atoms with Crippen LogP contribution in [0.15, 0.2) is 72.8 Å². The number of anilines is 2. The van der Waals surface area contributed by atoms with Crippen LogP contribution in [0.3, 0.4) is 0 Å². The van der Waals surface area contributed by atoms with Crippen molar-refractivity contribution in [2.45, 2.75) is 13.3 Å². The van der Waals surface area contributed by atoms with Gasteiger partial charge < -0.3 is 10.6 Å². The third-order valence-electron chi connectivity index (χ3n) is 5.21. The number of carbonyl (C=O) groups excluding carboxylic acids is 4. The summed E-state index contributed by atoms with van der Waals surface area (Å²) in [6.07, 6.45) is 0.0782. The van der Waals surface area contributed by atoms with Crippen molar-refractivity contribution in [1.82, 2.24) is 5.32 Å². The van der Waals surface area contributed by atoms with Crippen molar-refractivity contribution in [2.24, 2.45) is 0 Å². The monoisotopic (exact) mass is 427 g/mol. The molecule has 0 spiro atoms. The van der Waals surface area contributed by atoms with Crippen molar-refractivity contribution >= 4 is 35.0 Å². The number of aryl methyl sites for hydroxylation is 1. The van der Waals surface area contributed by atoms with Crippen LogP contribution in [0.25, 0.3) is 0 Å². The first-order chi connectivity index (χ1) is 15.5. The molecule has 7 nitrogen and oxygen atoms in total. The van der Waals surface area contributed by atoms with E-state index in [2.05, 4.69) is 10.6 Å². The molecule has 7 heteroatoms. The van der Waals surface area contributed by atoms with Crippen molar-refractivity contribution in [2.75, 3.05) is 16.8 Å². The minimum Gasteiger partial charge on any atom is -0.352 e. The van der Waals surface area contributed by atoms with Gasteiger partial charge in [0.05, 0.1) is 16.8 Å². The third-order valence-corrected chi connectivity index (χ3v) is 5.21. The standard InChI is InChI=1S/C25H21N3O4/c1-16-7-2-3-10-19(16)23(30)26-14-13-22(29)27-17-8-6-9-18(15-17)28-24(31)20-11-4-5-12-21(20)25(28)32/h2-12,15H,13-14H2,1H3,(H,26,30)(H,27,29). The summed E-state index contributed by atoms with van der Waals surface area (Å²) < 4.78 is 0. The van der Waals surface area contributed by atoms with E-state index in [-0.39, 0.29) is 24.8 Å². The highest BCUT2D eigenvalue weighted by Gasteiger charge is 2.36. The molecular formula is C25H21N3O4. The largest absolute Gasteiger partial charge is 0.352 e. The molecule has 32 heavy (non-hydrogen) atoms. The average Bonchev–Trinajstić information content (AvgIpc) is 3.04. The normalized spacial score (nSPS) is 12.5. The minimum atomic E-state index is -0.395. The third kappa shape index (κ3) is 4.13. The van der Waals surface area contributed by atoms with Crippen molar-refractivity contribution in [3.8, 4) is 0 Å². The zero-order valence-electron chi connectivity index (χ0n) is 17.4. The number of fused-ring (bicyclic) bond motifs is 1. The van der Waals surface area contributed by atoms with Crippen LogP contribution in [-0.2, 0) is 4.79 Å². The van der Waals surface area contributed by atoms with Gasteiger partial charge >= 0.3 is 0 Å². The number of hydrogen-bond acceptors (Lipinski definition) is 4. The molecule has 1 aliphatic rings. The Labute approximate surface area is 185 Å². The molecule has 4 rings (SSSR count). The molecule has 160 valence electrons. The lowest BCUT2D eigenvalue weighted by molar-refractivity contribution is -0.116. The number of nitrogens with zero attached hydrogens (tertiary/aromatic N) is 1. The Morgan fingerprint density at radius 2 is 1.50 bits per heavy atom. The lowest BCUT2D eigenvalue weighted by Crippen LogP contribution is -2.29. The SMILES string of the molecule is Cc1ccccc1C(=O)NCCC(=O)Nc1cccc(N2C(=O)c3ccccc3C2=O)c1. The maximum absolute atomic E-state index is 12.7. The van der Waals surface area contributed by atoms with E-state index < -0.39 is 11.8 Å². The molecule has 3 aromatic rings. The molecule has 1 aliphatic heterocycles. The minimum absolute atomic E-state index is 0.0782. The van der Waals surface area contributed by atoms with Crippen LogP contribution in [0.1, 0.15) is 43.1 Å². The van der Waals surface area contributed by atoms with E-state index in [1.165, 1.54) is 0 Å². The smallest absolute Gasteiger partial charge is 0.266 e. The zero-order valence-corrected chi connectivity index (χ0v) is 17.4. The number of benzene rings is 3. The zero-order chi connectivity index (χ0) is 22.7. The summed E-state index contributed by atoms with van der Waals surface area (Å²) in [5, 5.41) is 5.48. The molecule has 0 saturated carbocycles. The lowest BCUT2D eigenvalue weighted by atomic mass is 10.1. The van der Waals surface area contributed by atoms with Crippen LogP contribution < -0.4 is 15.5 Å². The summed E-state index contributed by atoms with van der Waals surface area (Å²) in [6, 6.07) is 20.4. The predicted octanol–water partition coefficient (Wildman–Crippen LogP) is 3.55. The highest BCUT2D eigenvalue weighted by Crippen LogP contribution is 2.29. The first-order valence-corrected chi connectivity index (χ1v) is 10.2. The summed E-state index contributed by atoms with van der Waals surface area (Å²) in [6.45, 7) is 2.03. The predicted molar refractivity (Wildman–Crippen MR) is 121 cm³/mol. The van der Waals surface area contributed by atoms with Gasteiger partial charge in [-0.25, -0.2) is 4.90 Å². The molecule has 0 bridgehead atoms. The van der Waals surface area contributed by atoms with Gasteiger partial charge in [-0.15, -0.1) is 0 Å². The van der Waals surface area contributed by atoms with Gasteiger partial charge in [0.15, 0.2) is 0 Å². The Morgan fingerprint density at radius 1 is 0.844 bits per heavy atom. The quantitative estimate of drug-likeness (QED) is 0.588. The molecule has 0 aromatic heterocycles. The van der Waals surface area contributed by atoms with Crippen LogP contribution in [0, 0.1) is 6.92 Å². The van der Waals surface area contributed by atoms with Gasteiger partial charge in [-0.05, 0) is 48.9 Å². The molecule has 2 N–H and O–H groups in total. The highest BCUT2D eigenvalue weighted by atomic mass is 16.2. The van der Waals surface area contributed by atoms with E-state index >= 15 is 0 Å². The summed E-state index contributed by atoms with van der Waals surface area (Å²) in [4.78, 5) is 51.0. The van der Waals surface area contributed by atoms with Gasteiger partial charge in [-0.1, -0.05) is 36.4 Å². The maximum Gasteiger partial charge on any atom is 0.266 e. The number of rotatable bonds is 6. The van der Waals surface area contributed by atoms with Gasteiger partial charge in [0.1, 0.15) is 0 Å². The van der Waals surface area contributed by atoms with E-state index in [0.29, 0.717) is 28.1 Å². The molecule has 0 saturated heterocycles. The Kier molecular flexibility index (Phi) is 5.81. The number of imide groups is 1. The Balaban J connectivity index is 1.37. The lowest BCUT2D eigenvalue weighted by Gasteiger charge is -2.15. The number of amides is 4. The molecule has 0 unspecified atom stereocenters. The highest BCUT2D eigenvalue weighted by molar-refractivity contribution is 6.34. The maximum atomic E-state index is 12.7. The molecule has 1 heterocycles.